The summed E-state index contributed by atoms with van der Waals surface area (Å²) in [4.78, 5) is 22.0. The predicted molar refractivity (Wildman–Crippen MR) is 131 cm³/mol. The molecule has 172 valence electrons. The average Bonchev–Trinajstić information content (AvgIpc) is 3.18. The van der Waals surface area contributed by atoms with Crippen LogP contribution in [0, 0.1) is 6.92 Å². The fourth-order valence-corrected chi connectivity index (χ4v) is 5.58. The lowest BCUT2D eigenvalue weighted by Crippen LogP contribution is -2.37. The van der Waals surface area contributed by atoms with Gasteiger partial charge in [-0.3, -0.25) is 9.69 Å². The fraction of sp³-hybridized carbons (Fsp3) is 0.391. The number of carbonyl (C=O) groups is 1. The summed E-state index contributed by atoms with van der Waals surface area (Å²) in [6.07, 6.45) is 0. The van der Waals surface area contributed by atoms with E-state index < -0.39 is 10.0 Å². The standard InChI is InChI=1S/C23H30N4O3S2/c1-16(2)26(6)32(29,30)19-12-10-18(11-13-19)22(28)27(15-14-25(4)5)23-24-21-17(3)8-7-9-20(21)31-23/h7-13,16H,14-15H2,1-6H3. The summed E-state index contributed by atoms with van der Waals surface area (Å²) in [5, 5.41) is 0.636. The number of likely N-dealkylation sites (N-methyl/N-ethyl adjacent to an activating group) is 1. The zero-order valence-electron chi connectivity index (χ0n) is 19.4. The van der Waals surface area contributed by atoms with E-state index >= 15 is 0 Å². The van der Waals surface area contributed by atoms with Crippen LogP contribution in [0.1, 0.15) is 29.8 Å². The number of hydrogen-bond donors (Lipinski definition) is 0. The molecule has 7 nitrogen and oxygen atoms in total. The van der Waals surface area contributed by atoms with Crippen LogP contribution in [0.15, 0.2) is 47.4 Å². The number of thiazole rings is 1. The first-order valence-corrected chi connectivity index (χ1v) is 12.7. The summed E-state index contributed by atoms with van der Waals surface area (Å²) in [5.41, 5.74) is 2.38. The molecule has 0 atom stereocenters. The van der Waals surface area contributed by atoms with Gasteiger partial charge in [0.25, 0.3) is 5.91 Å². The Kier molecular flexibility index (Phi) is 7.34. The number of benzene rings is 2. The first kappa shape index (κ1) is 24.3. The lowest BCUT2D eigenvalue weighted by atomic mass is 10.2. The van der Waals surface area contributed by atoms with Crippen LogP contribution in [-0.4, -0.2) is 68.8 Å². The summed E-state index contributed by atoms with van der Waals surface area (Å²) < 4.78 is 27.8. The number of rotatable bonds is 8. The maximum atomic E-state index is 13.4. The smallest absolute Gasteiger partial charge is 0.260 e. The van der Waals surface area contributed by atoms with Gasteiger partial charge in [-0.1, -0.05) is 23.5 Å². The maximum Gasteiger partial charge on any atom is 0.260 e. The molecule has 0 bridgehead atoms. The van der Waals surface area contributed by atoms with Crippen molar-refractivity contribution in [3.63, 3.8) is 0 Å². The van der Waals surface area contributed by atoms with Crippen molar-refractivity contribution in [1.29, 1.82) is 0 Å². The van der Waals surface area contributed by atoms with E-state index in [2.05, 4.69) is 0 Å². The Labute approximate surface area is 194 Å². The van der Waals surface area contributed by atoms with E-state index in [1.807, 2.05) is 58.0 Å². The van der Waals surface area contributed by atoms with Crippen LogP contribution in [0.3, 0.4) is 0 Å². The zero-order chi connectivity index (χ0) is 23.6. The van der Waals surface area contributed by atoms with Crippen molar-refractivity contribution in [3.05, 3.63) is 53.6 Å². The quantitative estimate of drug-likeness (QED) is 0.496. The van der Waals surface area contributed by atoms with Gasteiger partial charge in [0.2, 0.25) is 10.0 Å². The normalized spacial score (nSPS) is 12.3. The third kappa shape index (κ3) is 5.01. The highest BCUT2D eigenvalue weighted by Crippen LogP contribution is 2.31. The summed E-state index contributed by atoms with van der Waals surface area (Å²) >= 11 is 1.48. The highest BCUT2D eigenvalue weighted by atomic mass is 32.2. The number of carbonyl (C=O) groups excluding carboxylic acids is 1. The van der Waals surface area contributed by atoms with Gasteiger partial charge in [-0.05, 0) is 70.8 Å². The molecule has 32 heavy (non-hydrogen) atoms. The number of amides is 1. The second-order valence-corrected chi connectivity index (χ2v) is 11.3. The number of aryl methyl sites for hydroxylation is 1. The number of fused-ring (bicyclic) bond motifs is 1. The first-order valence-electron chi connectivity index (χ1n) is 10.4. The summed E-state index contributed by atoms with van der Waals surface area (Å²) in [6, 6.07) is 12.0. The molecule has 0 aliphatic carbocycles. The zero-order valence-corrected chi connectivity index (χ0v) is 21.0. The Morgan fingerprint density at radius 2 is 1.69 bits per heavy atom. The number of nitrogens with zero attached hydrogens (tertiary/aromatic N) is 4. The van der Waals surface area contributed by atoms with Crippen LogP contribution in [0.5, 0.6) is 0 Å². The van der Waals surface area contributed by atoms with E-state index in [4.69, 9.17) is 4.98 Å². The SMILES string of the molecule is Cc1cccc2sc(N(CCN(C)C)C(=O)c3ccc(S(=O)(=O)N(C)C(C)C)cc3)nc12. The Morgan fingerprint density at radius 1 is 1.03 bits per heavy atom. The van der Waals surface area contributed by atoms with Gasteiger partial charge in [0.1, 0.15) is 0 Å². The molecule has 0 spiro atoms. The molecule has 0 aliphatic heterocycles. The second-order valence-electron chi connectivity index (χ2n) is 8.32. The monoisotopic (exact) mass is 474 g/mol. The van der Waals surface area contributed by atoms with Gasteiger partial charge >= 0.3 is 0 Å². The minimum atomic E-state index is -3.61. The molecule has 0 unspecified atom stereocenters. The van der Waals surface area contributed by atoms with Crippen molar-refractivity contribution < 1.29 is 13.2 Å². The van der Waals surface area contributed by atoms with Crippen molar-refractivity contribution in [2.75, 3.05) is 39.1 Å². The molecule has 3 aromatic rings. The highest BCUT2D eigenvalue weighted by Gasteiger charge is 2.25. The fourth-order valence-electron chi connectivity index (χ4n) is 3.14. The predicted octanol–water partition coefficient (Wildman–Crippen LogP) is 3.84. The molecule has 9 heteroatoms. The molecule has 0 radical (unpaired) electrons. The van der Waals surface area contributed by atoms with Crippen LogP contribution >= 0.6 is 11.3 Å². The van der Waals surface area contributed by atoms with Gasteiger partial charge in [0, 0.05) is 31.7 Å². The van der Waals surface area contributed by atoms with Crippen molar-refractivity contribution in [1.82, 2.24) is 14.2 Å². The molecule has 0 fully saturated rings. The molecular formula is C23H30N4O3S2. The van der Waals surface area contributed by atoms with Crippen LogP contribution in [0.4, 0.5) is 5.13 Å². The summed E-state index contributed by atoms with van der Waals surface area (Å²) in [6.45, 7) is 6.79. The number of para-hydroxylation sites is 1. The molecule has 1 amide bonds. The van der Waals surface area contributed by atoms with E-state index in [1.54, 1.807) is 24.1 Å². The van der Waals surface area contributed by atoms with E-state index in [-0.39, 0.29) is 16.8 Å². The van der Waals surface area contributed by atoms with Crippen LogP contribution in [0.2, 0.25) is 0 Å². The molecular weight excluding hydrogens is 444 g/mol. The average molecular weight is 475 g/mol. The van der Waals surface area contributed by atoms with Crippen molar-refractivity contribution in [3.8, 4) is 0 Å². The third-order valence-electron chi connectivity index (χ3n) is 5.36. The Morgan fingerprint density at radius 3 is 2.25 bits per heavy atom. The van der Waals surface area contributed by atoms with E-state index in [9.17, 15) is 13.2 Å². The molecule has 1 heterocycles. The van der Waals surface area contributed by atoms with Crippen LogP contribution < -0.4 is 4.90 Å². The summed E-state index contributed by atoms with van der Waals surface area (Å²) in [7, 11) is 1.86. The minimum absolute atomic E-state index is 0.162. The second kappa shape index (κ2) is 9.66. The highest BCUT2D eigenvalue weighted by molar-refractivity contribution is 7.89. The van der Waals surface area contributed by atoms with Gasteiger partial charge in [0.15, 0.2) is 5.13 Å². The lowest BCUT2D eigenvalue weighted by Gasteiger charge is -2.23. The van der Waals surface area contributed by atoms with Gasteiger partial charge in [-0.15, -0.1) is 0 Å². The van der Waals surface area contributed by atoms with E-state index in [1.165, 1.54) is 27.8 Å². The van der Waals surface area contributed by atoms with Crippen LogP contribution in [0.25, 0.3) is 10.2 Å². The number of aromatic nitrogens is 1. The maximum absolute atomic E-state index is 13.4. The summed E-state index contributed by atoms with van der Waals surface area (Å²) in [5.74, 6) is -0.204. The van der Waals surface area contributed by atoms with Gasteiger partial charge < -0.3 is 4.90 Å². The van der Waals surface area contributed by atoms with Crippen molar-refractivity contribution >= 4 is 42.6 Å². The number of sulfonamides is 1. The Hall–Kier alpha value is -2.33. The number of hydrogen-bond acceptors (Lipinski definition) is 6. The van der Waals surface area contributed by atoms with Gasteiger partial charge in [-0.25, -0.2) is 13.4 Å². The molecule has 0 aliphatic rings. The molecule has 3 rings (SSSR count). The topological polar surface area (TPSA) is 73.8 Å². The van der Waals surface area contributed by atoms with Crippen molar-refractivity contribution in [2.45, 2.75) is 31.7 Å². The molecule has 0 saturated carbocycles. The molecule has 1 aromatic heterocycles. The van der Waals surface area contributed by atoms with Gasteiger partial charge in [-0.2, -0.15) is 4.31 Å². The molecule has 2 aromatic carbocycles. The molecule has 0 saturated heterocycles. The largest absolute Gasteiger partial charge is 0.308 e. The Bertz CT molecular complexity index is 1200. The van der Waals surface area contributed by atoms with Crippen LogP contribution in [-0.2, 0) is 10.0 Å². The first-order chi connectivity index (χ1) is 15.0. The van der Waals surface area contributed by atoms with E-state index in [0.29, 0.717) is 23.8 Å². The number of anilines is 1. The van der Waals surface area contributed by atoms with E-state index in [0.717, 1.165) is 15.8 Å². The Balaban J connectivity index is 1.95. The van der Waals surface area contributed by atoms with Gasteiger partial charge in [0.05, 0.1) is 15.1 Å². The molecule has 0 N–H and O–H groups in total. The minimum Gasteiger partial charge on any atom is -0.308 e. The lowest BCUT2D eigenvalue weighted by molar-refractivity contribution is 0.0985. The van der Waals surface area contributed by atoms with Crippen molar-refractivity contribution in [2.24, 2.45) is 0 Å². The third-order valence-corrected chi connectivity index (χ3v) is 8.45.